The number of carbonyl (C=O) groups is 3. The summed E-state index contributed by atoms with van der Waals surface area (Å²) in [4.78, 5) is 38.2. The maximum Gasteiger partial charge on any atom is 0.306 e. The zero-order valence-electron chi connectivity index (χ0n) is 53.9. The summed E-state index contributed by atoms with van der Waals surface area (Å²) in [7, 11) is 0. The number of esters is 3. The van der Waals surface area contributed by atoms with E-state index in [2.05, 4.69) is 167 Å². The minimum absolute atomic E-state index is 0.0886. The molecule has 0 aliphatic heterocycles. The summed E-state index contributed by atoms with van der Waals surface area (Å²) in [6.07, 6.45) is 100. The highest BCUT2D eigenvalue weighted by atomic mass is 16.6. The molecule has 0 aromatic carbocycles. The van der Waals surface area contributed by atoms with Crippen molar-refractivity contribution in [1.82, 2.24) is 0 Å². The van der Waals surface area contributed by atoms with Crippen molar-refractivity contribution in [2.45, 2.75) is 309 Å². The number of hydrogen-bond acceptors (Lipinski definition) is 6. The van der Waals surface area contributed by atoms with Gasteiger partial charge in [0.25, 0.3) is 0 Å². The molecule has 0 aliphatic carbocycles. The third-order valence-corrected chi connectivity index (χ3v) is 14.3. The normalized spacial score (nSPS) is 13.0. The van der Waals surface area contributed by atoms with Gasteiger partial charge in [-0.3, -0.25) is 14.4 Å². The van der Waals surface area contributed by atoms with E-state index in [1.54, 1.807) is 0 Å². The molecule has 6 nitrogen and oxygen atoms in total. The van der Waals surface area contributed by atoms with Crippen LogP contribution >= 0.6 is 0 Å². The van der Waals surface area contributed by atoms with Crippen LogP contribution in [0.25, 0.3) is 0 Å². The van der Waals surface area contributed by atoms with E-state index in [0.29, 0.717) is 19.3 Å². The zero-order chi connectivity index (χ0) is 59.9. The molecular weight excluding hydrogens is 1020 g/mol. The molecule has 470 valence electrons. The molecule has 0 bridgehead atoms. The van der Waals surface area contributed by atoms with E-state index in [-0.39, 0.29) is 31.1 Å². The highest BCUT2D eigenvalue weighted by molar-refractivity contribution is 5.71. The SMILES string of the molecule is CC/C=C\C/C=C\C/C=C\C/C=C\C/C=C\C/C=C\C/C=C\C/C=C\C/C=C\CCCCCCCC(=O)OCC(COC(=O)CCCCCCCCC)OC(=O)CCCCCCCCCCCC/C=C\C/C=C\C/C=C\CCCCCCC. The average molecular weight is 1150 g/mol. The van der Waals surface area contributed by atoms with Gasteiger partial charge in [-0.2, -0.15) is 0 Å². The van der Waals surface area contributed by atoms with Crippen LogP contribution in [-0.4, -0.2) is 37.2 Å². The molecule has 0 radical (unpaired) electrons. The minimum atomic E-state index is -0.792. The zero-order valence-corrected chi connectivity index (χ0v) is 53.9. The summed E-state index contributed by atoms with van der Waals surface area (Å²) in [5.74, 6) is -0.917. The van der Waals surface area contributed by atoms with Gasteiger partial charge in [-0.15, -0.1) is 0 Å². The molecule has 1 unspecified atom stereocenters. The van der Waals surface area contributed by atoms with Gasteiger partial charge in [0.15, 0.2) is 6.10 Å². The first-order valence-corrected chi connectivity index (χ1v) is 34.3. The van der Waals surface area contributed by atoms with Gasteiger partial charge >= 0.3 is 17.9 Å². The van der Waals surface area contributed by atoms with Crippen LogP contribution in [-0.2, 0) is 28.6 Å². The van der Waals surface area contributed by atoms with E-state index in [9.17, 15) is 14.4 Å². The summed E-state index contributed by atoms with van der Waals surface area (Å²) in [5, 5.41) is 0. The Hall–Kier alpha value is -4.71. The molecule has 1 atom stereocenters. The van der Waals surface area contributed by atoms with Crippen molar-refractivity contribution in [2.75, 3.05) is 13.2 Å². The number of allylic oxidation sites excluding steroid dienone is 24. The molecule has 0 saturated carbocycles. The molecular formula is C77H126O6. The van der Waals surface area contributed by atoms with Gasteiger partial charge in [-0.25, -0.2) is 0 Å². The van der Waals surface area contributed by atoms with Gasteiger partial charge in [-0.05, 0) is 128 Å². The summed E-state index contributed by atoms with van der Waals surface area (Å²) < 4.78 is 16.8. The first-order valence-electron chi connectivity index (χ1n) is 34.3. The molecule has 0 saturated heterocycles. The van der Waals surface area contributed by atoms with E-state index in [1.165, 1.54) is 116 Å². The molecule has 0 aromatic rings. The van der Waals surface area contributed by atoms with Gasteiger partial charge in [0.2, 0.25) is 0 Å². The van der Waals surface area contributed by atoms with Crippen molar-refractivity contribution in [1.29, 1.82) is 0 Å². The molecule has 0 rings (SSSR count). The highest BCUT2D eigenvalue weighted by Crippen LogP contribution is 2.15. The fraction of sp³-hybridized carbons (Fsp3) is 0.649. The topological polar surface area (TPSA) is 78.9 Å². The summed E-state index contributed by atoms with van der Waals surface area (Å²) in [5.41, 5.74) is 0. The quantitative estimate of drug-likeness (QED) is 0.0261. The Kier molecular flexibility index (Phi) is 65.8. The van der Waals surface area contributed by atoms with E-state index in [4.69, 9.17) is 14.2 Å². The maximum atomic E-state index is 12.9. The lowest BCUT2D eigenvalue weighted by Gasteiger charge is -2.18. The first kappa shape index (κ1) is 78.3. The van der Waals surface area contributed by atoms with Crippen LogP contribution in [0.3, 0.4) is 0 Å². The van der Waals surface area contributed by atoms with Crippen LogP contribution in [0.15, 0.2) is 146 Å². The molecule has 0 fully saturated rings. The molecule has 0 spiro atoms. The smallest absolute Gasteiger partial charge is 0.306 e. The van der Waals surface area contributed by atoms with E-state index >= 15 is 0 Å². The molecule has 6 heteroatoms. The predicted octanol–water partition coefficient (Wildman–Crippen LogP) is 23.9. The van der Waals surface area contributed by atoms with Crippen LogP contribution in [0.1, 0.15) is 303 Å². The average Bonchev–Trinajstić information content (AvgIpc) is 3.50. The molecule has 0 heterocycles. The van der Waals surface area contributed by atoms with E-state index < -0.39 is 6.10 Å². The van der Waals surface area contributed by atoms with Gasteiger partial charge in [-0.1, -0.05) is 301 Å². The standard InChI is InChI=1S/C77H126O6/c1-4-7-10-13-16-18-20-22-24-26-28-30-32-34-35-36-37-38-39-40-41-43-44-46-48-50-52-54-56-58-61-64-67-70-76(79)82-73-74(72-81-75(78)69-66-63-60-15-12-9-6-3)83-77(80)71-68-65-62-59-57-55-53-51-49-47-45-42-33-31-29-27-25-23-21-19-17-14-11-8-5-2/h7,10,16,18,21-24,27-30,33-35,37-38,40-42,44,46,50,52,74H,4-6,8-9,11-15,17,19-20,25-26,31-32,36,39,43,45,47-49,51,53-73H2,1-3H3/b10-7-,18-16-,23-21-,24-22-,29-27-,30-28-,35-34-,38-37-,41-40-,42-33-,46-44-,52-50-. The lowest BCUT2D eigenvalue weighted by Crippen LogP contribution is -2.30. The Labute approximate surface area is 512 Å². The second-order valence-corrected chi connectivity index (χ2v) is 22.4. The van der Waals surface area contributed by atoms with Crippen molar-refractivity contribution in [2.24, 2.45) is 0 Å². The van der Waals surface area contributed by atoms with Crippen molar-refractivity contribution >= 4 is 17.9 Å². The third-order valence-electron chi connectivity index (χ3n) is 14.3. The van der Waals surface area contributed by atoms with Crippen LogP contribution < -0.4 is 0 Å². The van der Waals surface area contributed by atoms with Crippen molar-refractivity contribution in [3.8, 4) is 0 Å². The first-order chi connectivity index (χ1) is 41.0. The summed E-state index contributed by atoms with van der Waals surface area (Å²) in [6, 6.07) is 0. The second kappa shape index (κ2) is 69.8. The van der Waals surface area contributed by atoms with Crippen molar-refractivity contribution < 1.29 is 28.6 Å². The molecule has 0 amide bonds. The minimum Gasteiger partial charge on any atom is -0.462 e. The van der Waals surface area contributed by atoms with Crippen molar-refractivity contribution in [3.63, 3.8) is 0 Å². The van der Waals surface area contributed by atoms with Crippen LogP contribution in [0, 0.1) is 0 Å². The molecule has 0 aliphatic rings. The summed E-state index contributed by atoms with van der Waals surface area (Å²) >= 11 is 0. The lowest BCUT2D eigenvalue weighted by molar-refractivity contribution is -0.167. The van der Waals surface area contributed by atoms with Crippen LogP contribution in [0.4, 0.5) is 0 Å². The van der Waals surface area contributed by atoms with E-state index in [1.807, 2.05) is 0 Å². The maximum absolute atomic E-state index is 12.9. The van der Waals surface area contributed by atoms with Gasteiger partial charge in [0, 0.05) is 19.3 Å². The van der Waals surface area contributed by atoms with Gasteiger partial charge < -0.3 is 14.2 Å². The highest BCUT2D eigenvalue weighted by Gasteiger charge is 2.19. The van der Waals surface area contributed by atoms with Crippen LogP contribution in [0.5, 0.6) is 0 Å². The molecule has 83 heavy (non-hydrogen) atoms. The second-order valence-electron chi connectivity index (χ2n) is 22.4. The summed E-state index contributed by atoms with van der Waals surface area (Å²) in [6.45, 7) is 6.46. The Morgan fingerprint density at radius 2 is 0.470 bits per heavy atom. The largest absolute Gasteiger partial charge is 0.462 e. The number of unbranched alkanes of at least 4 members (excludes halogenated alkanes) is 26. The van der Waals surface area contributed by atoms with Gasteiger partial charge in [0.1, 0.15) is 13.2 Å². The monoisotopic (exact) mass is 1150 g/mol. The fourth-order valence-corrected chi connectivity index (χ4v) is 9.21. The number of ether oxygens (including phenoxy) is 3. The number of rotatable bonds is 61. The number of hydrogen-bond donors (Lipinski definition) is 0. The lowest BCUT2D eigenvalue weighted by atomic mass is 10.0. The number of carbonyl (C=O) groups excluding carboxylic acids is 3. The Balaban J connectivity index is 4.20. The van der Waals surface area contributed by atoms with Crippen LogP contribution in [0.2, 0.25) is 0 Å². The molecule has 0 aromatic heterocycles. The predicted molar refractivity (Wildman–Crippen MR) is 362 cm³/mol. The Morgan fingerprint density at radius 3 is 0.735 bits per heavy atom. The van der Waals surface area contributed by atoms with E-state index in [0.717, 1.165) is 148 Å². The van der Waals surface area contributed by atoms with Crippen molar-refractivity contribution in [3.05, 3.63) is 146 Å². The Morgan fingerprint density at radius 1 is 0.253 bits per heavy atom. The third kappa shape index (κ3) is 68.0. The molecule has 0 N–H and O–H groups in total. The fourth-order valence-electron chi connectivity index (χ4n) is 9.21. The van der Waals surface area contributed by atoms with Gasteiger partial charge in [0.05, 0.1) is 0 Å². The Bertz CT molecular complexity index is 1800.